The van der Waals surface area contributed by atoms with E-state index in [1.165, 1.54) is 29.1 Å². The average Bonchev–Trinajstić information content (AvgIpc) is 3.49. The third-order valence-electron chi connectivity index (χ3n) is 6.29. The van der Waals surface area contributed by atoms with Gasteiger partial charge in [-0.15, -0.1) is 0 Å². The van der Waals surface area contributed by atoms with Crippen molar-refractivity contribution in [2.75, 3.05) is 5.32 Å². The molecule has 4 aromatic rings. The van der Waals surface area contributed by atoms with E-state index in [1.54, 1.807) is 0 Å². The van der Waals surface area contributed by atoms with Gasteiger partial charge in [0.15, 0.2) is 5.82 Å². The molecule has 1 aliphatic heterocycles. The molecule has 1 aliphatic rings. The van der Waals surface area contributed by atoms with Crippen LogP contribution in [0.5, 0.6) is 0 Å². The Balaban J connectivity index is 1.37. The molecule has 0 spiro atoms. The number of nitrogens with zero attached hydrogens (tertiary/aromatic N) is 5. The van der Waals surface area contributed by atoms with Crippen molar-refractivity contribution in [3.05, 3.63) is 77.5 Å². The molecule has 36 heavy (non-hydrogen) atoms. The van der Waals surface area contributed by atoms with E-state index in [4.69, 9.17) is 0 Å². The van der Waals surface area contributed by atoms with Gasteiger partial charge in [-0.25, -0.2) is 14.6 Å². The minimum Gasteiger partial charge on any atom is -0.328 e. The molecule has 5 rings (SSSR count). The van der Waals surface area contributed by atoms with Crippen molar-refractivity contribution in [1.82, 2.24) is 24.3 Å². The Labute approximate surface area is 206 Å². The summed E-state index contributed by atoms with van der Waals surface area (Å²) in [5, 5.41) is 7.15. The molecule has 0 atom stereocenters. The number of aryl methyl sites for hydroxylation is 1. The van der Waals surface area contributed by atoms with Crippen molar-refractivity contribution in [3.63, 3.8) is 0 Å². The van der Waals surface area contributed by atoms with Crippen molar-refractivity contribution in [3.8, 4) is 17.2 Å². The van der Waals surface area contributed by atoms with Crippen LogP contribution in [0.15, 0.2) is 55.0 Å². The molecule has 0 saturated carbocycles. The average molecular weight is 495 g/mol. The van der Waals surface area contributed by atoms with E-state index in [0.29, 0.717) is 16.9 Å². The van der Waals surface area contributed by atoms with Crippen LogP contribution < -0.4 is 5.32 Å². The monoisotopic (exact) mass is 494 g/mol. The molecule has 7 nitrogen and oxygen atoms in total. The first-order chi connectivity index (χ1) is 17.2. The molecule has 1 amide bonds. The fraction of sp³-hybridized carbons (Fsp3) is 0.308. The standard InChI is InChI=1S/C26H25F3N6O/c1-16(2)23-21(15-32-35(23)22-11-8-18(13-30-22)26(27,28)29)25(36)33-19-9-6-17(7-10-19)24-31-14-20-5-3-4-12-34(20)24/h6-11,13-16H,3-5,12H2,1-2H3,(H,33,36). The molecular formula is C26H25F3N6O. The quantitative estimate of drug-likeness (QED) is 0.377. The van der Waals surface area contributed by atoms with Crippen molar-refractivity contribution < 1.29 is 18.0 Å². The number of anilines is 1. The zero-order chi connectivity index (χ0) is 25.4. The van der Waals surface area contributed by atoms with Crippen molar-refractivity contribution in [2.24, 2.45) is 0 Å². The van der Waals surface area contributed by atoms with E-state index in [-0.39, 0.29) is 17.6 Å². The Bertz CT molecular complexity index is 1380. The smallest absolute Gasteiger partial charge is 0.328 e. The molecule has 10 heteroatoms. The number of aromatic nitrogens is 5. The third kappa shape index (κ3) is 4.50. The number of fused-ring (bicyclic) bond motifs is 1. The highest BCUT2D eigenvalue weighted by molar-refractivity contribution is 6.05. The summed E-state index contributed by atoms with van der Waals surface area (Å²) < 4.78 is 42.4. The molecule has 4 heterocycles. The number of pyridine rings is 1. The second-order valence-electron chi connectivity index (χ2n) is 9.13. The molecule has 0 radical (unpaired) electrons. The Hall–Kier alpha value is -3.95. The first kappa shape index (κ1) is 23.8. The third-order valence-corrected chi connectivity index (χ3v) is 6.29. The largest absolute Gasteiger partial charge is 0.417 e. The number of rotatable bonds is 5. The van der Waals surface area contributed by atoms with Gasteiger partial charge in [0, 0.05) is 35.9 Å². The minimum absolute atomic E-state index is 0.133. The molecule has 3 aromatic heterocycles. The Morgan fingerprint density at radius 2 is 1.78 bits per heavy atom. The lowest BCUT2D eigenvalue weighted by Crippen LogP contribution is -2.16. The van der Waals surface area contributed by atoms with E-state index >= 15 is 0 Å². The summed E-state index contributed by atoms with van der Waals surface area (Å²) in [6, 6.07) is 9.71. The van der Waals surface area contributed by atoms with Crippen LogP contribution in [0.2, 0.25) is 0 Å². The predicted molar refractivity (Wildman–Crippen MR) is 129 cm³/mol. The number of nitrogens with one attached hydrogen (secondary N) is 1. The predicted octanol–water partition coefficient (Wildman–Crippen LogP) is 5.86. The summed E-state index contributed by atoms with van der Waals surface area (Å²) in [6.07, 6.45) is 2.98. The lowest BCUT2D eigenvalue weighted by atomic mass is 10.0. The van der Waals surface area contributed by atoms with E-state index in [1.807, 2.05) is 44.3 Å². The molecule has 0 bridgehead atoms. The van der Waals surface area contributed by atoms with E-state index < -0.39 is 11.7 Å². The maximum Gasteiger partial charge on any atom is 0.417 e. The van der Waals surface area contributed by atoms with E-state index in [2.05, 4.69) is 25.0 Å². The summed E-state index contributed by atoms with van der Waals surface area (Å²) in [7, 11) is 0. The van der Waals surface area contributed by atoms with Crippen LogP contribution in [-0.4, -0.2) is 30.2 Å². The fourth-order valence-corrected chi connectivity index (χ4v) is 4.52. The number of imidazole rings is 1. The highest BCUT2D eigenvalue weighted by atomic mass is 19.4. The van der Waals surface area contributed by atoms with Crippen LogP contribution in [0, 0.1) is 0 Å². The summed E-state index contributed by atoms with van der Waals surface area (Å²) in [6.45, 7) is 4.72. The molecule has 0 saturated heterocycles. The number of benzene rings is 1. The highest BCUT2D eigenvalue weighted by Gasteiger charge is 2.31. The van der Waals surface area contributed by atoms with Crippen LogP contribution in [0.25, 0.3) is 17.2 Å². The molecule has 1 N–H and O–H groups in total. The zero-order valence-electron chi connectivity index (χ0n) is 19.9. The minimum atomic E-state index is -4.48. The number of hydrogen-bond donors (Lipinski definition) is 1. The van der Waals surface area contributed by atoms with Crippen molar-refractivity contribution in [2.45, 2.75) is 51.7 Å². The van der Waals surface area contributed by atoms with Crippen LogP contribution in [0.1, 0.15) is 59.9 Å². The fourth-order valence-electron chi connectivity index (χ4n) is 4.52. The van der Waals surface area contributed by atoms with E-state index in [9.17, 15) is 18.0 Å². The number of alkyl halides is 3. The van der Waals surface area contributed by atoms with Gasteiger partial charge in [-0.3, -0.25) is 4.79 Å². The van der Waals surface area contributed by atoms with Gasteiger partial charge >= 0.3 is 6.18 Å². The highest BCUT2D eigenvalue weighted by Crippen LogP contribution is 2.30. The second kappa shape index (κ2) is 9.25. The van der Waals surface area contributed by atoms with Crippen LogP contribution >= 0.6 is 0 Å². The van der Waals surface area contributed by atoms with Crippen molar-refractivity contribution in [1.29, 1.82) is 0 Å². The van der Waals surface area contributed by atoms with Crippen LogP contribution in [-0.2, 0) is 19.1 Å². The van der Waals surface area contributed by atoms with Gasteiger partial charge in [0.1, 0.15) is 5.82 Å². The Kier molecular flexibility index (Phi) is 6.11. The molecular weight excluding hydrogens is 469 g/mol. The molecule has 186 valence electrons. The number of carbonyl (C=O) groups excluding carboxylic acids is 1. The second-order valence-corrected chi connectivity index (χ2v) is 9.13. The summed E-state index contributed by atoms with van der Waals surface area (Å²) >= 11 is 0. The normalized spacial score (nSPS) is 13.6. The number of hydrogen-bond acceptors (Lipinski definition) is 4. The lowest BCUT2D eigenvalue weighted by molar-refractivity contribution is -0.137. The zero-order valence-corrected chi connectivity index (χ0v) is 19.9. The van der Waals surface area contributed by atoms with Gasteiger partial charge < -0.3 is 9.88 Å². The van der Waals surface area contributed by atoms with Gasteiger partial charge in [-0.2, -0.15) is 18.3 Å². The van der Waals surface area contributed by atoms with Crippen LogP contribution in [0.3, 0.4) is 0 Å². The first-order valence-corrected chi connectivity index (χ1v) is 11.8. The van der Waals surface area contributed by atoms with Crippen molar-refractivity contribution >= 4 is 11.6 Å². The summed E-state index contributed by atoms with van der Waals surface area (Å²) in [5.41, 5.74) is 2.88. The molecule has 0 unspecified atom stereocenters. The van der Waals surface area contributed by atoms with Gasteiger partial charge in [0.2, 0.25) is 0 Å². The lowest BCUT2D eigenvalue weighted by Gasteiger charge is -2.16. The molecule has 0 fully saturated rings. The topological polar surface area (TPSA) is 77.6 Å². The van der Waals surface area contributed by atoms with E-state index in [0.717, 1.165) is 43.0 Å². The van der Waals surface area contributed by atoms with Gasteiger partial charge in [-0.05, 0) is 61.6 Å². The Morgan fingerprint density at radius 3 is 2.44 bits per heavy atom. The molecule has 1 aromatic carbocycles. The summed E-state index contributed by atoms with van der Waals surface area (Å²) in [5.74, 6) is 0.641. The molecule has 0 aliphatic carbocycles. The SMILES string of the molecule is CC(C)c1c(C(=O)Nc2ccc(-c3ncc4n3CCCC4)cc2)cnn1-c1ccc(C(F)(F)F)cn1. The Morgan fingerprint density at radius 1 is 1.00 bits per heavy atom. The van der Waals surface area contributed by atoms with Gasteiger partial charge in [0.25, 0.3) is 5.91 Å². The first-order valence-electron chi connectivity index (χ1n) is 11.8. The number of carbonyl (C=O) groups is 1. The number of halogens is 3. The summed E-state index contributed by atoms with van der Waals surface area (Å²) in [4.78, 5) is 21.6. The maximum absolute atomic E-state index is 13.1. The van der Waals surface area contributed by atoms with Gasteiger partial charge in [-0.1, -0.05) is 13.8 Å². The van der Waals surface area contributed by atoms with Gasteiger partial charge in [0.05, 0.1) is 23.0 Å². The van der Waals surface area contributed by atoms with Crippen LogP contribution in [0.4, 0.5) is 18.9 Å². The maximum atomic E-state index is 13.1. The number of amides is 1.